The van der Waals surface area contributed by atoms with E-state index in [9.17, 15) is 4.79 Å². The van der Waals surface area contributed by atoms with Gasteiger partial charge in [0.2, 0.25) is 0 Å². The maximum atomic E-state index is 12.1. The molecule has 0 aliphatic rings. The monoisotopic (exact) mass is 212 g/mol. The number of hydrogen-bond acceptors (Lipinski definition) is 3. The minimum atomic E-state index is -0.0332. The lowest BCUT2D eigenvalue weighted by atomic mass is 10.0. The Morgan fingerprint density at radius 2 is 1.56 bits per heavy atom. The summed E-state index contributed by atoms with van der Waals surface area (Å²) in [6.45, 7) is 0. The molecule has 2 rings (SSSR count). The quantitative estimate of drug-likeness (QED) is 0.466. The molecule has 0 fully saturated rings. The molecule has 2 aromatic carbocycles. The zero-order valence-electron chi connectivity index (χ0n) is 8.68. The Bertz CT molecular complexity index is 494. The van der Waals surface area contributed by atoms with Gasteiger partial charge in [-0.25, -0.2) is 0 Å². The lowest BCUT2D eigenvalue weighted by molar-refractivity contribution is 0.103. The first-order valence-electron chi connectivity index (χ1n) is 4.98. The Morgan fingerprint density at radius 1 is 0.938 bits per heavy atom. The first-order valence-corrected chi connectivity index (χ1v) is 4.98. The van der Waals surface area contributed by atoms with Gasteiger partial charge in [-0.1, -0.05) is 42.5 Å². The van der Waals surface area contributed by atoms with Gasteiger partial charge in [0, 0.05) is 11.1 Å². The number of nitrogen functional groups attached to an aromatic ring is 1. The van der Waals surface area contributed by atoms with Crippen molar-refractivity contribution in [3.63, 3.8) is 0 Å². The van der Waals surface area contributed by atoms with Crippen LogP contribution in [0.5, 0.6) is 0 Å². The van der Waals surface area contributed by atoms with Crippen molar-refractivity contribution in [1.82, 2.24) is 0 Å². The van der Waals surface area contributed by atoms with Crippen LogP contribution in [0.3, 0.4) is 0 Å². The minimum Gasteiger partial charge on any atom is -0.323 e. The lowest BCUT2D eigenvalue weighted by Crippen LogP contribution is -2.12. The van der Waals surface area contributed by atoms with Gasteiger partial charge >= 0.3 is 0 Å². The van der Waals surface area contributed by atoms with Crippen molar-refractivity contribution in [2.45, 2.75) is 0 Å². The number of anilines is 1. The molecular weight excluding hydrogens is 200 g/mol. The number of hydrogen-bond donors (Lipinski definition) is 2. The number of rotatable bonds is 3. The maximum Gasteiger partial charge on any atom is 0.195 e. The Labute approximate surface area is 93.9 Å². The summed E-state index contributed by atoms with van der Waals surface area (Å²) in [5.74, 6) is 5.33. The number of nitrogens with one attached hydrogen (secondary N) is 1. The average Bonchev–Trinajstić information content (AvgIpc) is 2.39. The third-order valence-corrected chi connectivity index (χ3v) is 2.36. The van der Waals surface area contributed by atoms with E-state index >= 15 is 0 Å². The van der Waals surface area contributed by atoms with Gasteiger partial charge in [0.05, 0.1) is 5.69 Å². The first kappa shape index (κ1) is 10.4. The number of carbonyl (C=O) groups is 1. The molecule has 0 spiro atoms. The molecule has 2 aromatic rings. The van der Waals surface area contributed by atoms with E-state index < -0.39 is 0 Å². The van der Waals surface area contributed by atoms with Crippen molar-refractivity contribution in [3.8, 4) is 0 Å². The van der Waals surface area contributed by atoms with E-state index in [-0.39, 0.29) is 5.78 Å². The largest absolute Gasteiger partial charge is 0.323 e. The maximum absolute atomic E-state index is 12.1. The van der Waals surface area contributed by atoms with Crippen LogP contribution in [-0.2, 0) is 0 Å². The SMILES string of the molecule is NNc1ccccc1C(=O)c1ccccc1. The molecule has 80 valence electrons. The first-order chi connectivity index (χ1) is 7.83. The summed E-state index contributed by atoms with van der Waals surface area (Å²) in [6, 6.07) is 16.3. The van der Waals surface area contributed by atoms with Crippen LogP contribution < -0.4 is 11.3 Å². The van der Waals surface area contributed by atoms with E-state index in [1.165, 1.54) is 0 Å². The Hall–Kier alpha value is -2.13. The summed E-state index contributed by atoms with van der Waals surface area (Å²) in [6.07, 6.45) is 0. The van der Waals surface area contributed by atoms with Crippen LogP contribution in [0, 0.1) is 0 Å². The summed E-state index contributed by atoms with van der Waals surface area (Å²) in [5.41, 5.74) is 4.40. The second kappa shape index (κ2) is 4.59. The van der Waals surface area contributed by atoms with Gasteiger partial charge in [0.15, 0.2) is 5.78 Å². The third kappa shape index (κ3) is 1.94. The van der Waals surface area contributed by atoms with Crippen molar-refractivity contribution in [1.29, 1.82) is 0 Å². The van der Waals surface area contributed by atoms with E-state index in [2.05, 4.69) is 5.43 Å². The van der Waals surface area contributed by atoms with E-state index in [0.717, 1.165) is 0 Å². The highest BCUT2D eigenvalue weighted by Gasteiger charge is 2.11. The molecule has 0 heterocycles. The summed E-state index contributed by atoms with van der Waals surface area (Å²) >= 11 is 0. The summed E-state index contributed by atoms with van der Waals surface area (Å²) in [5, 5.41) is 0. The molecule has 3 N–H and O–H groups in total. The number of carbonyl (C=O) groups excluding carboxylic acids is 1. The fourth-order valence-corrected chi connectivity index (χ4v) is 1.55. The van der Waals surface area contributed by atoms with E-state index in [1.807, 2.05) is 30.3 Å². The molecule has 3 heteroatoms. The van der Waals surface area contributed by atoms with Gasteiger partial charge in [-0.2, -0.15) is 0 Å². The van der Waals surface area contributed by atoms with E-state index in [4.69, 9.17) is 5.84 Å². The van der Waals surface area contributed by atoms with E-state index in [1.54, 1.807) is 24.3 Å². The highest BCUT2D eigenvalue weighted by Crippen LogP contribution is 2.17. The number of ketones is 1. The zero-order chi connectivity index (χ0) is 11.4. The molecule has 0 saturated carbocycles. The molecule has 0 radical (unpaired) electrons. The van der Waals surface area contributed by atoms with Gasteiger partial charge < -0.3 is 5.43 Å². The average molecular weight is 212 g/mol. The van der Waals surface area contributed by atoms with Crippen LogP contribution in [0.2, 0.25) is 0 Å². The molecule has 3 nitrogen and oxygen atoms in total. The topological polar surface area (TPSA) is 55.1 Å². The standard InChI is InChI=1S/C13H12N2O/c14-15-12-9-5-4-8-11(12)13(16)10-6-2-1-3-7-10/h1-9,15H,14H2. The number of benzene rings is 2. The Morgan fingerprint density at radius 3 is 2.25 bits per heavy atom. The third-order valence-electron chi connectivity index (χ3n) is 2.36. The van der Waals surface area contributed by atoms with Gasteiger partial charge in [-0.3, -0.25) is 10.6 Å². The van der Waals surface area contributed by atoms with Crippen LogP contribution in [0.25, 0.3) is 0 Å². The summed E-state index contributed by atoms with van der Waals surface area (Å²) < 4.78 is 0. The number of nitrogens with two attached hydrogens (primary N) is 1. The second-order valence-electron chi connectivity index (χ2n) is 3.39. The van der Waals surface area contributed by atoms with Crippen molar-refractivity contribution in [2.24, 2.45) is 5.84 Å². The van der Waals surface area contributed by atoms with Crippen LogP contribution in [-0.4, -0.2) is 5.78 Å². The van der Waals surface area contributed by atoms with Crippen LogP contribution in [0.15, 0.2) is 54.6 Å². The highest BCUT2D eigenvalue weighted by atomic mass is 16.1. The predicted octanol–water partition coefficient (Wildman–Crippen LogP) is 2.20. The second-order valence-corrected chi connectivity index (χ2v) is 3.39. The minimum absolute atomic E-state index is 0.0332. The molecule has 0 atom stereocenters. The van der Waals surface area contributed by atoms with Crippen LogP contribution >= 0.6 is 0 Å². The van der Waals surface area contributed by atoms with Gasteiger partial charge in [-0.15, -0.1) is 0 Å². The zero-order valence-corrected chi connectivity index (χ0v) is 8.68. The Kier molecular flexibility index (Phi) is 2.98. The summed E-state index contributed by atoms with van der Waals surface area (Å²) in [7, 11) is 0. The molecule has 0 saturated heterocycles. The van der Waals surface area contributed by atoms with Crippen molar-refractivity contribution >= 4 is 11.5 Å². The predicted molar refractivity (Wildman–Crippen MR) is 64.1 cm³/mol. The molecular formula is C13H12N2O. The molecule has 0 bridgehead atoms. The normalized spacial score (nSPS) is 9.81. The molecule has 0 aromatic heterocycles. The van der Waals surface area contributed by atoms with Crippen molar-refractivity contribution in [3.05, 3.63) is 65.7 Å². The van der Waals surface area contributed by atoms with Gasteiger partial charge in [-0.05, 0) is 12.1 Å². The van der Waals surface area contributed by atoms with Crippen molar-refractivity contribution < 1.29 is 4.79 Å². The molecule has 0 aliphatic carbocycles. The molecule has 0 aliphatic heterocycles. The van der Waals surface area contributed by atoms with Gasteiger partial charge in [0.1, 0.15) is 0 Å². The number of hydrazine groups is 1. The van der Waals surface area contributed by atoms with Crippen LogP contribution in [0.1, 0.15) is 15.9 Å². The fraction of sp³-hybridized carbons (Fsp3) is 0. The summed E-state index contributed by atoms with van der Waals surface area (Å²) in [4.78, 5) is 12.1. The smallest absolute Gasteiger partial charge is 0.195 e. The molecule has 0 amide bonds. The Balaban J connectivity index is 2.42. The van der Waals surface area contributed by atoms with Gasteiger partial charge in [0.25, 0.3) is 0 Å². The van der Waals surface area contributed by atoms with E-state index in [0.29, 0.717) is 16.8 Å². The highest BCUT2D eigenvalue weighted by molar-refractivity contribution is 6.12. The number of para-hydroxylation sites is 1. The lowest BCUT2D eigenvalue weighted by Gasteiger charge is -2.07. The fourth-order valence-electron chi connectivity index (χ4n) is 1.55. The molecule has 16 heavy (non-hydrogen) atoms. The van der Waals surface area contributed by atoms with Crippen LogP contribution in [0.4, 0.5) is 5.69 Å². The van der Waals surface area contributed by atoms with Crippen molar-refractivity contribution in [2.75, 3.05) is 5.43 Å². The molecule has 0 unspecified atom stereocenters.